The third-order valence-corrected chi connectivity index (χ3v) is 1.78. The predicted molar refractivity (Wildman–Crippen MR) is 50.3 cm³/mol. The molecule has 1 aromatic carbocycles. The van der Waals surface area contributed by atoms with Crippen LogP contribution in [0.5, 0.6) is 0 Å². The van der Waals surface area contributed by atoms with Crippen molar-refractivity contribution >= 4 is 12.0 Å². The molecule has 1 rings (SSSR count). The van der Waals surface area contributed by atoms with Crippen LogP contribution in [0.25, 0.3) is 6.08 Å². The highest BCUT2D eigenvalue weighted by Crippen LogP contribution is 2.07. The number of carboxylic acid groups (broad SMARTS) is 1. The van der Waals surface area contributed by atoms with Crippen LogP contribution in [0.2, 0.25) is 0 Å². The first-order valence-electron chi connectivity index (χ1n) is 4.17. The Morgan fingerprint density at radius 1 is 1.43 bits per heavy atom. The van der Waals surface area contributed by atoms with E-state index in [0.717, 1.165) is 17.2 Å². The Bertz CT molecular complexity index is 342. The molecule has 1 aromatic rings. The second-order valence-corrected chi connectivity index (χ2v) is 2.93. The smallest absolute Gasteiger partial charge is 0.162 e. The molecule has 1 atom stereocenters. The molecule has 0 saturated carbocycles. The van der Waals surface area contributed by atoms with Gasteiger partial charge in [-0.1, -0.05) is 30.3 Å². The minimum absolute atomic E-state index is 0.255. The van der Waals surface area contributed by atoms with Gasteiger partial charge in [0.1, 0.15) is 0 Å². The van der Waals surface area contributed by atoms with Gasteiger partial charge in [0.25, 0.3) is 0 Å². The molecule has 0 amide bonds. The maximum absolute atomic E-state index is 10.1. The van der Waals surface area contributed by atoms with E-state index < -0.39 is 5.97 Å². The fourth-order valence-electron chi connectivity index (χ4n) is 1.02. The molecular weight excluding hydrogens is 180 g/mol. The molecule has 0 radical (unpaired) electrons. The molecular formula is C10H12N2O2. The van der Waals surface area contributed by atoms with Gasteiger partial charge in [-0.25, -0.2) is 0 Å². The predicted octanol–water partition coefficient (Wildman–Crippen LogP) is -1.35. The van der Waals surface area contributed by atoms with Crippen LogP contribution in [0.4, 0.5) is 0 Å². The summed E-state index contributed by atoms with van der Waals surface area (Å²) in [5.74, 6) is -1.21. The summed E-state index contributed by atoms with van der Waals surface area (Å²) >= 11 is 0. The Morgan fingerprint density at radius 2 is 2.00 bits per heavy atom. The molecule has 0 aromatic heterocycles. The molecule has 0 bridgehead atoms. The third-order valence-electron chi connectivity index (χ3n) is 1.78. The Hall–Kier alpha value is -1.65. The third kappa shape index (κ3) is 3.01. The molecule has 74 valence electrons. The van der Waals surface area contributed by atoms with Crippen LogP contribution in [0.15, 0.2) is 30.3 Å². The topological polar surface area (TPSA) is 93.8 Å². The summed E-state index contributed by atoms with van der Waals surface area (Å²) in [6.07, 6.45) is 2.20. The summed E-state index contributed by atoms with van der Waals surface area (Å²) in [5.41, 5.74) is 10.9. The molecule has 14 heavy (non-hydrogen) atoms. The Labute approximate surface area is 81.8 Å². The molecule has 0 aliphatic rings. The van der Waals surface area contributed by atoms with E-state index in [2.05, 4.69) is 5.73 Å². The van der Waals surface area contributed by atoms with Gasteiger partial charge in [0.05, 0.1) is 5.97 Å². The zero-order valence-corrected chi connectivity index (χ0v) is 7.64. The molecule has 0 aliphatic heterocycles. The zero-order valence-electron chi connectivity index (χ0n) is 7.64. The summed E-state index contributed by atoms with van der Waals surface area (Å²) in [6, 6.07) is 7.18. The number of quaternary nitrogens is 1. The van der Waals surface area contributed by atoms with E-state index in [4.69, 9.17) is 5.73 Å². The van der Waals surface area contributed by atoms with Crippen LogP contribution >= 0.6 is 0 Å². The average Bonchev–Trinajstić information content (AvgIpc) is 2.15. The second kappa shape index (κ2) is 4.55. The maximum Gasteiger partial charge on any atom is 0.162 e. The zero-order chi connectivity index (χ0) is 10.6. The van der Waals surface area contributed by atoms with Crippen LogP contribution in [-0.4, -0.2) is 5.97 Å². The van der Waals surface area contributed by atoms with Crippen molar-refractivity contribution in [3.63, 3.8) is 0 Å². The lowest BCUT2D eigenvalue weighted by atomic mass is 10.1. The number of nitrogens with two attached hydrogens (primary N) is 1. The van der Waals surface area contributed by atoms with Crippen LogP contribution < -0.4 is 16.6 Å². The van der Waals surface area contributed by atoms with Crippen molar-refractivity contribution in [1.82, 2.24) is 0 Å². The van der Waals surface area contributed by atoms with Crippen molar-refractivity contribution in [1.29, 1.82) is 0 Å². The fraction of sp³-hybridized carbons (Fsp3) is 0.100. The summed E-state index contributed by atoms with van der Waals surface area (Å²) in [6.45, 7) is 0. The highest BCUT2D eigenvalue weighted by Gasteiger charge is 2.00. The van der Waals surface area contributed by atoms with Gasteiger partial charge in [-0.2, -0.15) is 0 Å². The lowest BCUT2D eigenvalue weighted by molar-refractivity contribution is -0.424. The highest BCUT2D eigenvalue weighted by atomic mass is 16.4. The van der Waals surface area contributed by atoms with Crippen LogP contribution in [-0.2, 0) is 4.79 Å². The second-order valence-electron chi connectivity index (χ2n) is 2.93. The molecule has 0 aliphatic carbocycles. The van der Waals surface area contributed by atoms with Crippen molar-refractivity contribution in [3.05, 3.63) is 41.5 Å². The van der Waals surface area contributed by atoms with Gasteiger partial charge in [-0.3, -0.25) is 5.73 Å². The molecule has 0 saturated heterocycles. The summed E-state index contributed by atoms with van der Waals surface area (Å²) in [4.78, 5) is 10.1. The van der Waals surface area contributed by atoms with Gasteiger partial charge < -0.3 is 15.6 Å². The van der Waals surface area contributed by atoms with E-state index in [-0.39, 0.29) is 6.17 Å². The van der Waals surface area contributed by atoms with E-state index in [1.807, 2.05) is 12.1 Å². The van der Waals surface area contributed by atoms with E-state index in [9.17, 15) is 9.90 Å². The Morgan fingerprint density at radius 3 is 2.43 bits per heavy atom. The van der Waals surface area contributed by atoms with Gasteiger partial charge in [0.2, 0.25) is 0 Å². The van der Waals surface area contributed by atoms with Crippen molar-refractivity contribution in [2.75, 3.05) is 0 Å². The van der Waals surface area contributed by atoms with E-state index in [1.165, 1.54) is 6.08 Å². The quantitative estimate of drug-likeness (QED) is 0.458. The van der Waals surface area contributed by atoms with Crippen molar-refractivity contribution < 1.29 is 15.6 Å². The van der Waals surface area contributed by atoms with Crippen LogP contribution in [0.1, 0.15) is 17.3 Å². The molecule has 4 nitrogen and oxygen atoms in total. The number of benzene rings is 1. The first-order valence-corrected chi connectivity index (χ1v) is 4.17. The molecule has 0 unspecified atom stereocenters. The summed E-state index contributed by atoms with van der Waals surface area (Å²) in [5, 5.41) is 10.1. The molecule has 0 spiro atoms. The van der Waals surface area contributed by atoms with Crippen molar-refractivity contribution in [3.8, 4) is 0 Å². The van der Waals surface area contributed by atoms with E-state index >= 15 is 0 Å². The lowest BCUT2D eigenvalue weighted by Gasteiger charge is -2.02. The fourth-order valence-corrected chi connectivity index (χ4v) is 1.02. The van der Waals surface area contributed by atoms with Crippen LogP contribution in [0, 0.1) is 0 Å². The summed E-state index contributed by atoms with van der Waals surface area (Å²) in [7, 11) is 0. The number of rotatable bonds is 3. The maximum atomic E-state index is 10.1. The molecule has 0 heterocycles. The van der Waals surface area contributed by atoms with Gasteiger partial charge in [0.15, 0.2) is 6.17 Å². The van der Waals surface area contributed by atoms with E-state index in [0.29, 0.717) is 0 Å². The molecule has 0 fully saturated rings. The monoisotopic (exact) mass is 192 g/mol. The lowest BCUT2D eigenvalue weighted by Crippen LogP contribution is -2.58. The highest BCUT2D eigenvalue weighted by molar-refractivity contribution is 5.83. The van der Waals surface area contributed by atoms with Gasteiger partial charge >= 0.3 is 0 Å². The molecule has 5 N–H and O–H groups in total. The Kier molecular flexibility index (Phi) is 3.39. The first-order chi connectivity index (χ1) is 6.59. The largest absolute Gasteiger partial charge is 0.545 e. The first kappa shape index (κ1) is 10.4. The number of carboxylic acids is 1. The minimum Gasteiger partial charge on any atom is -0.545 e. The van der Waals surface area contributed by atoms with Crippen molar-refractivity contribution in [2.24, 2.45) is 5.73 Å². The minimum atomic E-state index is -1.21. The number of aliphatic carboxylic acids is 1. The number of carbonyl (C=O) groups is 1. The average molecular weight is 192 g/mol. The standard InChI is InChI=1S/C10H12N2O2/c11-10(12)8-4-1-7(2-5-8)3-6-9(13)14/h1-6,10H,11-12H2,(H,13,14)/b6-3+. The number of hydrogen-bond acceptors (Lipinski definition) is 3. The van der Waals surface area contributed by atoms with Crippen LogP contribution in [0.3, 0.4) is 0 Å². The van der Waals surface area contributed by atoms with Gasteiger partial charge in [-0.15, -0.1) is 0 Å². The van der Waals surface area contributed by atoms with Gasteiger partial charge in [-0.05, 0) is 11.6 Å². The van der Waals surface area contributed by atoms with Crippen molar-refractivity contribution in [2.45, 2.75) is 6.17 Å². The Balaban J connectivity index is 2.78. The number of carbonyl (C=O) groups excluding carboxylic acids is 1. The SMILES string of the molecule is N[C@@H]([NH3+])c1ccc(/C=C/C(=O)[O-])cc1. The van der Waals surface area contributed by atoms with Gasteiger partial charge in [0, 0.05) is 5.56 Å². The number of hydrogen-bond donors (Lipinski definition) is 2. The summed E-state index contributed by atoms with van der Waals surface area (Å²) < 4.78 is 0. The van der Waals surface area contributed by atoms with E-state index in [1.54, 1.807) is 12.1 Å². The normalized spacial score (nSPS) is 13.0. The molecule has 4 heteroatoms.